The van der Waals surface area contributed by atoms with E-state index in [1.807, 2.05) is 10.6 Å². The van der Waals surface area contributed by atoms with Gasteiger partial charge in [-0.05, 0) is 61.4 Å². The third-order valence-electron chi connectivity index (χ3n) is 5.13. The second-order valence-corrected chi connectivity index (χ2v) is 9.04. The first kappa shape index (κ1) is 20.8. The van der Waals surface area contributed by atoms with Gasteiger partial charge in [-0.3, -0.25) is 9.36 Å². The van der Waals surface area contributed by atoms with Gasteiger partial charge in [0.25, 0.3) is 5.91 Å². The van der Waals surface area contributed by atoms with Gasteiger partial charge in [0.15, 0.2) is 0 Å². The summed E-state index contributed by atoms with van der Waals surface area (Å²) in [5.74, 6) is -0.238. The molecule has 0 saturated heterocycles. The van der Waals surface area contributed by atoms with Gasteiger partial charge in [-0.2, -0.15) is 0 Å². The molecule has 3 aromatic carbocycles. The second kappa shape index (κ2) is 7.98. The first-order valence-electron chi connectivity index (χ1n) is 9.67. The van der Waals surface area contributed by atoms with Gasteiger partial charge in [-0.25, -0.2) is 18.5 Å². The molecule has 31 heavy (non-hydrogen) atoms. The Morgan fingerprint density at radius 3 is 2.45 bits per heavy atom. The normalized spacial score (nSPS) is 11.6. The van der Waals surface area contributed by atoms with E-state index in [1.165, 1.54) is 17.7 Å². The zero-order valence-corrected chi connectivity index (χ0v) is 18.0. The largest absolute Gasteiger partial charge is 0.348 e. The first-order valence-corrected chi connectivity index (χ1v) is 11.2. The molecule has 8 heteroatoms. The highest BCUT2D eigenvalue weighted by Gasteiger charge is 2.12. The maximum absolute atomic E-state index is 12.6. The van der Waals surface area contributed by atoms with Crippen molar-refractivity contribution < 1.29 is 13.2 Å². The molecule has 0 aliphatic rings. The first-order chi connectivity index (χ1) is 14.7. The van der Waals surface area contributed by atoms with E-state index in [9.17, 15) is 13.2 Å². The van der Waals surface area contributed by atoms with E-state index in [4.69, 9.17) is 5.14 Å². The molecule has 0 unspecified atom stereocenters. The predicted octanol–water partition coefficient (Wildman–Crippen LogP) is 3.22. The van der Waals surface area contributed by atoms with Gasteiger partial charge in [-0.15, -0.1) is 0 Å². The van der Waals surface area contributed by atoms with Crippen molar-refractivity contribution in [1.29, 1.82) is 0 Å². The van der Waals surface area contributed by atoms with E-state index in [0.717, 1.165) is 27.8 Å². The Hall–Kier alpha value is -3.49. The van der Waals surface area contributed by atoms with Crippen LogP contribution < -0.4 is 10.5 Å². The molecule has 0 saturated carbocycles. The number of hydrogen-bond acceptors (Lipinski definition) is 4. The van der Waals surface area contributed by atoms with Crippen LogP contribution in [0.3, 0.4) is 0 Å². The van der Waals surface area contributed by atoms with Crippen LogP contribution >= 0.6 is 0 Å². The van der Waals surface area contributed by atoms with Crippen LogP contribution in [0.5, 0.6) is 0 Å². The van der Waals surface area contributed by atoms with Gasteiger partial charge in [0.05, 0.1) is 21.6 Å². The molecule has 4 rings (SSSR count). The molecule has 0 bridgehead atoms. The minimum Gasteiger partial charge on any atom is -0.348 e. The Kier molecular flexibility index (Phi) is 5.34. The highest BCUT2D eigenvalue weighted by molar-refractivity contribution is 7.89. The van der Waals surface area contributed by atoms with Crippen LogP contribution in [0.2, 0.25) is 0 Å². The smallest absolute Gasteiger partial charge is 0.251 e. The fraction of sp³-hybridized carbons (Fsp3) is 0.130. The van der Waals surface area contributed by atoms with E-state index < -0.39 is 10.0 Å². The number of imidazole rings is 1. The van der Waals surface area contributed by atoms with Crippen LogP contribution in [-0.4, -0.2) is 23.9 Å². The summed E-state index contributed by atoms with van der Waals surface area (Å²) in [6.07, 6.45) is 1.76. The van der Waals surface area contributed by atoms with Crippen molar-refractivity contribution in [2.45, 2.75) is 25.3 Å². The number of carbonyl (C=O) groups excluding carboxylic acids is 1. The average molecular weight is 435 g/mol. The van der Waals surface area contributed by atoms with Crippen molar-refractivity contribution >= 4 is 27.0 Å². The van der Waals surface area contributed by atoms with Gasteiger partial charge in [-0.1, -0.05) is 29.8 Å². The van der Waals surface area contributed by atoms with E-state index >= 15 is 0 Å². The molecule has 3 N–H and O–H groups in total. The number of benzene rings is 3. The van der Waals surface area contributed by atoms with Gasteiger partial charge < -0.3 is 5.32 Å². The van der Waals surface area contributed by atoms with Crippen LogP contribution in [0.1, 0.15) is 27.0 Å². The summed E-state index contributed by atoms with van der Waals surface area (Å²) in [5.41, 5.74) is 6.31. The maximum atomic E-state index is 12.6. The molecular formula is C23H22N4O3S. The summed E-state index contributed by atoms with van der Waals surface area (Å²) in [4.78, 5) is 17.1. The lowest BCUT2D eigenvalue weighted by Gasteiger charge is -2.10. The van der Waals surface area contributed by atoms with E-state index in [-0.39, 0.29) is 17.3 Å². The molecular weight excluding hydrogens is 412 g/mol. The lowest BCUT2D eigenvalue weighted by atomic mass is 10.1. The number of hydrogen-bond donors (Lipinski definition) is 2. The van der Waals surface area contributed by atoms with Crippen molar-refractivity contribution in [2.75, 3.05) is 0 Å². The summed E-state index contributed by atoms with van der Waals surface area (Å²) in [5, 5.41) is 7.94. The third-order valence-corrected chi connectivity index (χ3v) is 6.06. The van der Waals surface area contributed by atoms with E-state index in [2.05, 4.69) is 42.3 Å². The molecule has 0 radical (unpaired) electrons. The maximum Gasteiger partial charge on any atom is 0.251 e. The number of sulfonamides is 1. The Morgan fingerprint density at radius 2 is 1.77 bits per heavy atom. The zero-order chi connectivity index (χ0) is 22.2. The zero-order valence-electron chi connectivity index (χ0n) is 17.2. The van der Waals surface area contributed by atoms with Crippen molar-refractivity contribution in [1.82, 2.24) is 14.9 Å². The lowest BCUT2D eigenvalue weighted by Crippen LogP contribution is -2.22. The van der Waals surface area contributed by atoms with Crippen LogP contribution in [0.25, 0.3) is 16.7 Å². The quantitative estimate of drug-likeness (QED) is 0.503. The molecule has 4 aromatic rings. The molecule has 0 aliphatic carbocycles. The Balaban J connectivity index is 1.51. The lowest BCUT2D eigenvalue weighted by molar-refractivity contribution is 0.0951. The van der Waals surface area contributed by atoms with Gasteiger partial charge in [0, 0.05) is 12.1 Å². The number of primary sulfonamides is 1. The van der Waals surface area contributed by atoms with Crippen molar-refractivity contribution in [3.8, 4) is 5.69 Å². The Bertz CT molecular complexity index is 1390. The summed E-state index contributed by atoms with van der Waals surface area (Å²) in [7, 11) is -3.73. The number of nitrogens with one attached hydrogen (secondary N) is 1. The topological polar surface area (TPSA) is 107 Å². The fourth-order valence-corrected chi connectivity index (χ4v) is 4.02. The van der Waals surface area contributed by atoms with Crippen LogP contribution in [0.4, 0.5) is 0 Å². The van der Waals surface area contributed by atoms with Gasteiger partial charge in [0.1, 0.15) is 6.33 Å². The van der Waals surface area contributed by atoms with Crippen molar-refractivity contribution in [3.05, 3.63) is 89.2 Å². The summed E-state index contributed by atoms with van der Waals surface area (Å²) >= 11 is 0. The molecule has 1 amide bonds. The highest BCUT2D eigenvalue weighted by Crippen LogP contribution is 2.22. The molecule has 1 heterocycles. The Morgan fingerprint density at radius 1 is 1.03 bits per heavy atom. The SMILES string of the molecule is Cc1ccc(-n2cnc3cc(C(=O)NCc4ccc(S(N)(=O)=O)cc4)ccc32)c(C)c1. The third kappa shape index (κ3) is 4.35. The number of aryl methyl sites for hydroxylation is 2. The number of rotatable bonds is 5. The van der Waals surface area contributed by atoms with Crippen molar-refractivity contribution in [3.63, 3.8) is 0 Å². The molecule has 158 valence electrons. The number of nitrogens with two attached hydrogens (primary N) is 1. The second-order valence-electron chi connectivity index (χ2n) is 7.48. The minimum atomic E-state index is -3.73. The number of amides is 1. The van der Waals surface area contributed by atoms with Crippen LogP contribution in [0, 0.1) is 13.8 Å². The average Bonchev–Trinajstić information content (AvgIpc) is 3.14. The number of aromatic nitrogens is 2. The summed E-state index contributed by atoms with van der Waals surface area (Å²) in [6.45, 7) is 4.38. The summed E-state index contributed by atoms with van der Waals surface area (Å²) in [6, 6.07) is 17.7. The monoisotopic (exact) mass is 434 g/mol. The predicted molar refractivity (Wildman–Crippen MR) is 120 cm³/mol. The molecule has 1 aromatic heterocycles. The van der Waals surface area contributed by atoms with Gasteiger partial charge >= 0.3 is 0 Å². The standard InChI is InChI=1S/C23H22N4O3S/c1-15-3-9-21(16(2)11-15)27-14-26-20-12-18(6-10-22(20)27)23(28)25-13-17-4-7-19(8-5-17)31(24,29)30/h3-12,14H,13H2,1-2H3,(H,25,28)(H2,24,29,30). The minimum absolute atomic E-state index is 0.0347. The summed E-state index contributed by atoms with van der Waals surface area (Å²) < 4.78 is 24.7. The van der Waals surface area contributed by atoms with Crippen molar-refractivity contribution in [2.24, 2.45) is 5.14 Å². The van der Waals surface area contributed by atoms with E-state index in [1.54, 1.807) is 30.6 Å². The molecule has 0 fully saturated rings. The molecule has 0 atom stereocenters. The number of fused-ring (bicyclic) bond motifs is 1. The molecule has 7 nitrogen and oxygen atoms in total. The van der Waals surface area contributed by atoms with E-state index in [0.29, 0.717) is 5.56 Å². The van der Waals surface area contributed by atoms with Crippen LogP contribution in [0.15, 0.2) is 71.9 Å². The van der Waals surface area contributed by atoms with Crippen LogP contribution in [-0.2, 0) is 16.6 Å². The molecule has 0 aliphatic heterocycles. The molecule has 0 spiro atoms. The number of nitrogens with zero attached hydrogens (tertiary/aromatic N) is 2. The highest BCUT2D eigenvalue weighted by atomic mass is 32.2. The van der Waals surface area contributed by atoms with Gasteiger partial charge in [0.2, 0.25) is 10.0 Å². The number of carbonyl (C=O) groups is 1. The Labute approximate surface area is 180 Å². The fourth-order valence-electron chi connectivity index (χ4n) is 3.50.